The third-order valence-electron chi connectivity index (χ3n) is 1.76. The van der Waals surface area contributed by atoms with Crippen molar-refractivity contribution in [2.24, 2.45) is 5.11 Å². The summed E-state index contributed by atoms with van der Waals surface area (Å²) in [6, 6.07) is 1.09. The van der Waals surface area contributed by atoms with Crippen molar-refractivity contribution < 1.29 is 13.2 Å². The average molecular weight is 263 g/mol. The minimum atomic E-state index is -4.50. The lowest BCUT2D eigenvalue weighted by atomic mass is 10.1. The van der Waals surface area contributed by atoms with Crippen LogP contribution in [0.25, 0.3) is 16.5 Å². The maximum absolute atomic E-state index is 12.6. The van der Waals surface area contributed by atoms with Crippen LogP contribution >= 0.6 is 11.6 Å². The molecule has 0 aliphatic rings. The number of nitrogens with zero attached hydrogens (tertiary/aromatic N) is 4. The summed E-state index contributed by atoms with van der Waals surface area (Å²) in [4.78, 5) is 5.85. The third-order valence-corrected chi connectivity index (χ3v) is 1.96. The summed E-state index contributed by atoms with van der Waals surface area (Å²) in [6.45, 7) is -0.0340. The summed E-state index contributed by atoms with van der Waals surface area (Å²) in [6.07, 6.45) is -1.35. The molecule has 0 aliphatic carbocycles. The second-order valence-electron chi connectivity index (χ2n) is 2.91. The van der Waals surface area contributed by atoms with Crippen molar-refractivity contribution in [3.8, 4) is 0 Å². The molecule has 1 aromatic rings. The van der Waals surface area contributed by atoms with E-state index in [1.807, 2.05) is 0 Å². The molecule has 0 spiro atoms. The molecule has 0 saturated carbocycles. The molecule has 0 bridgehead atoms. The smallest absolute Gasteiger partial charge is 0.244 e. The fourth-order valence-corrected chi connectivity index (χ4v) is 1.25. The van der Waals surface area contributed by atoms with E-state index in [1.54, 1.807) is 0 Å². The Morgan fingerprint density at radius 2 is 2.24 bits per heavy atom. The number of pyridine rings is 1. The van der Waals surface area contributed by atoms with Gasteiger partial charge in [-0.2, -0.15) is 13.2 Å². The van der Waals surface area contributed by atoms with Crippen LogP contribution < -0.4 is 0 Å². The van der Waals surface area contributed by atoms with Crippen LogP contribution in [0.1, 0.15) is 11.1 Å². The lowest BCUT2D eigenvalue weighted by Crippen LogP contribution is -2.08. The standard InChI is InChI=1S/C9H6ClF3N4/c10-8-4-6(2-1-3-16-17-14)7(5-15-8)9(11,12)13/h1-2,4-5H,3H2. The van der Waals surface area contributed by atoms with Gasteiger partial charge in [0.2, 0.25) is 0 Å². The van der Waals surface area contributed by atoms with Gasteiger partial charge in [0.15, 0.2) is 0 Å². The van der Waals surface area contributed by atoms with E-state index >= 15 is 0 Å². The van der Waals surface area contributed by atoms with Crippen LogP contribution in [0, 0.1) is 0 Å². The fraction of sp³-hybridized carbons (Fsp3) is 0.222. The molecule has 0 radical (unpaired) electrons. The predicted molar refractivity (Wildman–Crippen MR) is 57.3 cm³/mol. The topological polar surface area (TPSA) is 61.7 Å². The van der Waals surface area contributed by atoms with E-state index in [9.17, 15) is 13.2 Å². The molecule has 1 rings (SSSR count). The van der Waals surface area contributed by atoms with Gasteiger partial charge >= 0.3 is 6.18 Å². The average Bonchev–Trinajstić information content (AvgIpc) is 2.23. The van der Waals surface area contributed by atoms with Gasteiger partial charge in [-0.1, -0.05) is 28.9 Å². The zero-order chi connectivity index (χ0) is 12.9. The Kier molecular flexibility index (Phi) is 4.37. The Labute approximate surface area is 99.4 Å². The van der Waals surface area contributed by atoms with Gasteiger partial charge in [-0.25, -0.2) is 4.98 Å². The van der Waals surface area contributed by atoms with E-state index in [2.05, 4.69) is 15.0 Å². The molecule has 0 aromatic carbocycles. The molecule has 0 saturated heterocycles. The van der Waals surface area contributed by atoms with Gasteiger partial charge in [-0.05, 0) is 17.2 Å². The molecule has 0 atom stereocenters. The van der Waals surface area contributed by atoms with E-state index in [1.165, 1.54) is 12.2 Å². The summed E-state index contributed by atoms with van der Waals surface area (Å²) in [5.41, 5.74) is 7.00. The molecule has 0 fully saturated rings. The number of halogens is 4. The zero-order valence-electron chi connectivity index (χ0n) is 8.32. The highest BCUT2D eigenvalue weighted by Crippen LogP contribution is 2.32. The Bertz CT molecular complexity index is 478. The van der Waals surface area contributed by atoms with Crippen LogP contribution in [0.5, 0.6) is 0 Å². The van der Waals surface area contributed by atoms with Crippen molar-refractivity contribution in [2.45, 2.75) is 6.18 Å². The molecule has 17 heavy (non-hydrogen) atoms. The number of hydrogen-bond donors (Lipinski definition) is 0. The minimum absolute atomic E-state index is 0.0340. The van der Waals surface area contributed by atoms with Gasteiger partial charge in [0, 0.05) is 17.7 Å². The Morgan fingerprint density at radius 3 is 2.82 bits per heavy atom. The van der Waals surface area contributed by atoms with Gasteiger partial charge in [0.1, 0.15) is 5.15 Å². The Morgan fingerprint density at radius 1 is 1.53 bits per heavy atom. The molecule has 0 aliphatic heterocycles. The molecular formula is C9H6ClF3N4. The number of hydrogen-bond acceptors (Lipinski definition) is 2. The summed E-state index contributed by atoms with van der Waals surface area (Å²) >= 11 is 5.51. The number of rotatable bonds is 3. The molecule has 1 aromatic heterocycles. The van der Waals surface area contributed by atoms with Crippen LogP contribution in [0.4, 0.5) is 13.2 Å². The van der Waals surface area contributed by atoms with E-state index < -0.39 is 11.7 Å². The molecule has 4 nitrogen and oxygen atoms in total. The summed E-state index contributed by atoms with van der Waals surface area (Å²) in [7, 11) is 0. The van der Waals surface area contributed by atoms with Crippen molar-refractivity contribution in [2.75, 3.05) is 6.54 Å². The molecular weight excluding hydrogens is 257 g/mol. The van der Waals surface area contributed by atoms with Crippen LogP contribution in [-0.2, 0) is 6.18 Å². The number of alkyl halides is 3. The second kappa shape index (κ2) is 5.56. The number of azide groups is 1. The van der Waals surface area contributed by atoms with Crippen LogP contribution in [0.15, 0.2) is 23.5 Å². The van der Waals surface area contributed by atoms with E-state index in [-0.39, 0.29) is 17.3 Å². The molecule has 90 valence electrons. The van der Waals surface area contributed by atoms with Gasteiger partial charge in [0.05, 0.1) is 5.56 Å². The van der Waals surface area contributed by atoms with Crippen molar-refractivity contribution in [1.29, 1.82) is 0 Å². The maximum atomic E-state index is 12.6. The van der Waals surface area contributed by atoms with Gasteiger partial charge in [-0.3, -0.25) is 0 Å². The highest BCUT2D eigenvalue weighted by molar-refractivity contribution is 6.29. The van der Waals surface area contributed by atoms with Crippen LogP contribution in [-0.4, -0.2) is 11.5 Å². The first kappa shape index (κ1) is 13.3. The summed E-state index contributed by atoms with van der Waals surface area (Å²) in [5, 5.41) is 3.12. The summed E-state index contributed by atoms with van der Waals surface area (Å²) in [5.74, 6) is 0. The molecule has 0 N–H and O–H groups in total. The lowest BCUT2D eigenvalue weighted by Gasteiger charge is -2.09. The quantitative estimate of drug-likeness (QED) is 0.350. The zero-order valence-corrected chi connectivity index (χ0v) is 9.07. The van der Waals surface area contributed by atoms with Crippen LogP contribution in [0.2, 0.25) is 5.15 Å². The van der Waals surface area contributed by atoms with E-state index in [0.717, 1.165) is 6.07 Å². The maximum Gasteiger partial charge on any atom is 0.418 e. The number of aromatic nitrogens is 1. The van der Waals surface area contributed by atoms with Gasteiger partial charge in [-0.15, -0.1) is 0 Å². The summed E-state index contributed by atoms with van der Waals surface area (Å²) < 4.78 is 37.7. The molecule has 1 heterocycles. The van der Waals surface area contributed by atoms with Gasteiger partial charge < -0.3 is 0 Å². The third kappa shape index (κ3) is 3.97. The Balaban J connectivity index is 3.07. The molecule has 0 unspecified atom stereocenters. The first-order valence-corrected chi connectivity index (χ1v) is 4.73. The van der Waals surface area contributed by atoms with E-state index in [0.29, 0.717) is 6.20 Å². The first-order chi connectivity index (χ1) is 7.95. The normalized spacial score (nSPS) is 11.5. The fourth-order valence-electron chi connectivity index (χ4n) is 1.08. The Hall–Kier alpha value is -1.72. The van der Waals surface area contributed by atoms with Crippen LogP contribution in [0.3, 0.4) is 0 Å². The monoisotopic (exact) mass is 262 g/mol. The van der Waals surface area contributed by atoms with Gasteiger partial charge in [0.25, 0.3) is 0 Å². The molecule has 0 amide bonds. The highest BCUT2D eigenvalue weighted by atomic mass is 35.5. The first-order valence-electron chi connectivity index (χ1n) is 4.35. The predicted octanol–water partition coefficient (Wildman–Crippen LogP) is 4.08. The largest absolute Gasteiger partial charge is 0.418 e. The van der Waals surface area contributed by atoms with Crippen molar-refractivity contribution in [3.05, 3.63) is 45.1 Å². The van der Waals surface area contributed by atoms with Crippen molar-refractivity contribution >= 4 is 17.7 Å². The van der Waals surface area contributed by atoms with E-state index in [4.69, 9.17) is 17.1 Å². The van der Waals surface area contributed by atoms with Crippen molar-refractivity contribution in [3.63, 3.8) is 0 Å². The SMILES string of the molecule is [N-]=[N+]=NCC=Cc1cc(Cl)ncc1C(F)(F)F. The van der Waals surface area contributed by atoms with Crippen molar-refractivity contribution in [1.82, 2.24) is 4.98 Å². The highest BCUT2D eigenvalue weighted by Gasteiger charge is 2.33. The molecule has 8 heteroatoms. The second-order valence-corrected chi connectivity index (χ2v) is 3.30. The minimum Gasteiger partial charge on any atom is -0.244 e. The lowest BCUT2D eigenvalue weighted by molar-refractivity contribution is -0.137.